The van der Waals surface area contributed by atoms with Crippen LogP contribution in [-0.2, 0) is 16.0 Å². The molecule has 2 N–H and O–H groups in total. The molecule has 29 heavy (non-hydrogen) atoms. The van der Waals surface area contributed by atoms with Crippen molar-refractivity contribution in [2.75, 3.05) is 25.5 Å². The van der Waals surface area contributed by atoms with Crippen molar-refractivity contribution in [2.24, 2.45) is 0 Å². The number of carbonyl (C=O) groups is 2. The Morgan fingerprint density at radius 3 is 2.72 bits per heavy atom. The predicted octanol–water partition coefficient (Wildman–Crippen LogP) is 3.65. The largest absolute Gasteiger partial charge is 0.497 e. The number of amides is 2. The van der Waals surface area contributed by atoms with Crippen LogP contribution in [0.25, 0.3) is 10.9 Å². The van der Waals surface area contributed by atoms with Gasteiger partial charge < -0.3 is 19.9 Å². The molecule has 0 spiro atoms. The first-order valence-electron chi connectivity index (χ1n) is 9.39. The maximum atomic E-state index is 13.7. The van der Waals surface area contributed by atoms with E-state index in [1.807, 2.05) is 13.8 Å². The number of benzene rings is 2. The summed E-state index contributed by atoms with van der Waals surface area (Å²) in [5, 5.41) is 3.46. The topological polar surface area (TPSA) is 74.4 Å². The third kappa shape index (κ3) is 4.74. The number of methoxy groups -OCH3 is 1. The first kappa shape index (κ1) is 20.4. The number of aromatic nitrogens is 1. The minimum absolute atomic E-state index is 0.0672. The SMILES string of the molecule is CCN(CC(=O)Nc1cccc(OC)c1)C(=O)Cc1c(C)[nH]c2ccc(F)cc12. The van der Waals surface area contributed by atoms with Crippen molar-refractivity contribution in [1.82, 2.24) is 9.88 Å². The van der Waals surface area contributed by atoms with E-state index in [1.54, 1.807) is 37.4 Å². The molecule has 2 amide bonds. The van der Waals surface area contributed by atoms with E-state index in [0.717, 1.165) is 16.8 Å². The van der Waals surface area contributed by atoms with E-state index in [1.165, 1.54) is 17.0 Å². The summed E-state index contributed by atoms with van der Waals surface area (Å²) >= 11 is 0. The van der Waals surface area contributed by atoms with Crippen LogP contribution >= 0.6 is 0 Å². The average Bonchev–Trinajstić information content (AvgIpc) is 3.00. The van der Waals surface area contributed by atoms with Crippen molar-refractivity contribution in [2.45, 2.75) is 20.3 Å². The molecule has 0 atom stereocenters. The maximum Gasteiger partial charge on any atom is 0.243 e. The van der Waals surface area contributed by atoms with Gasteiger partial charge in [-0.1, -0.05) is 6.07 Å². The van der Waals surface area contributed by atoms with Crippen LogP contribution in [0.1, 0.15) is 18.2 Å². The van der Waals surface area contributed by atoms with Crippen molar-refractivity contribution >= 4 is 28.4 Å². The number of nitrogens with zero attached hydrogens (tertiary/aromatic N) is 1. The third-order valence-electron chi connectivity index (χ3n) is 4.83. The molecule has 1 heterocycles. The molecule has 0 fully saturated rings. The highest BCUT2D eigenvalue weighted by molar-refractivity contribution is 5.96. The van der Waals surface area contributed by atoms with Gasteiger partial charge in [0, 0.05) is 34.9 Å². The number of carbonyl (C=O) groups excluding carboxylic acids is 2. The van der Waals surface area contributed by atoms with Crippen LogP contribution in [0.5, 0.6) is 5.75 Å². The first-order chi connectivity index (χ1) is 13.9. The molecule has 6 nitrogen and oxygen atoms in total. The van der Waals surface area contributed by atoms with Crippen LogP contribution in [0.4, 0.5) is 10.1 Å². The van der Waals surface area contributed by atoms with Gasteiger partial charge >= 0.3 is 0 Å². The van der Waals surface area contributed by atoms with E-state index in [9.17, 15) is 14.0 Å². The van der Waals surface area contributed by atoms with Gasteiger partial charge in [0.05, 0.1) is 20.1 Å². The van der Waals surface area contributed by atoms with Crippen LogP contribution in [0.2, 0.25) is 0 Å². The van der Waals surface area contributed by atoms with Gasteiger partial charge in [0.25, 0.3) is 0 Å². The first-order valence-corrected chi connectivity index (χ1v) is 9.39. The van der Waals surface area contributed by atoms with E-state index in [0.29, 0.717) is 23.4 Å². The molecule has 2 aromatic carbocycles. The zero-order valence-corrected chi connectivity index (χ0v) is 16.7. The Hall–Kier alpha value is -3.35. The van der Waals surface area contributed by atoms with Crippen LogP contribution in [-0.4, -0.2) is 41.9 Å². The lowest BCUT2D eigenvalue weighted by atomic mass is 10.1. The van der Waals surface area contributed by atoms with Crippen molar-refractivity contribution in [1.29, 1.82) is 0 Å². The normalized spacial score (nSPS) is 10.8. The summed E-state index contributed by atoms with van der Waals surface area (Å²) < 4.78 is 18.8. The summed E-state index contributed by atoms with van der Waals surface area (Å²) in [6, 6.07) is 11.5. The molecule has 0 aliphatic rings. The summed E-state index contributed by atoms with van der Waals surface area (Å²) in [6.45, 7) is 3.99. The van der Waals surface area contributed by atoms with Crippen molar-refractivity contribution in [3.05, 3.63) is 59.5 Å². The molecular weight excluding hydrogens is 373 g/mol. The van der Waals surface area contributed by atoms with Gasteiger partial charge in [0.1, 0.15) is 11.6 Å². The Morgan fingerprint density at radius 2 is 2.00 bits per heavy atom. The molecule has 0 saturated carbocycles. The van der Waals surface area contributed by atoms with Crippen LogP contribution < -0.4 is 10.1 Å². The molecule has 152 valence electrons. The van der Waals surface area contributed by atoms with Gasteiger partial charge in [-0.2, -0.15) is 0 Å². The van der Waals surface area contributed by atoms with Gasteiger partial charge in [-0.05, 0) is 49.7 Å². The number of rotatable bonds is 7. The number of likely N-dealkylation sites (N-methyl/N-ethyl adjacent to an activating group) is 1. The minimum Gasteiger partial charge on any atom is -0.497 e. The Bertz CT molecular complexity index is 1040. The second-order valence-electron chi connectivity index (χ2n) is 6.78. The number of ether oxygens (including phenoxy) is 1. The Balaban J connectivity index is 1.70. The molecule has 3 rings (SSSR count). The lowest BCUT2D eigenvalue weighted by Crippen LogP contribution is -2.38. The third-order valence-corrected chi connectivity index (χ3v) is 4.83. The fourth-order valence-corrected chi connectivity index (χ4v) is 3.30. The van der Waals surface area contributed by atoms with Gasteiger partial charge in [-0.3, -0.25) is 9.59 Å². The highest BCUT2D eigenvalue weighted by atomic mass is 19.1. The van der Waals surface area contributed by atoms with Gasteiger partial charge in [0.15, 0.2) is 0 Å². The summed E-state index contributed by atoms with van der Waals surface area (Å²) in [6.07, 6.45) is 0.0928. The highest BCUT2D eigenvalue weighted by Crippen LogP contribution is 2.24. The van der Waals surface area contributed by atoms with E-state index in [2.05, 4.69) is 10.3 Å². The molecule has 7 heteroatoms. The number of hydrogen-bond acceptors (Lipinski definition) is 3. The monoisotopic (exact) mass is 397 g/mol. The van der Waals surface area contributed by atoms with Crippen molar-refractivity contribution < 1.29 is 18.7 Å². The summed E-state index contributed by atoms with van der Waals surface area (Å²) in [5.74, 6) is -0.208. The van der Waals surface area contributed by atoms with Crippen LogP contribution in [0, 0.1) is 12.7 Å². The number of fused-ring (bicyclic) bond motifs is 1. The van der Waals surface area contributed by atoms with E-state index in [-0.39, 0.29) is 30.6 Å². The Morgan fingerprint density at radius 1 is 1.21 bits per heavy atom. The number of aryl methyl sites for hydroxylation is 1. The van der Waals surface area contributed by atoms with E-state index < -0.39 is 0 Å². The summed E-state index contributed by atoms with van der Waals surface area (Å²) in [5.41, 5.74) is 2.94. The fraction of sp³-hybridized carbons (Fsp3) is 0.273. The van der Waals surface area contributed by atoms with E-state index in [4.69, 9.17) is 4.74 Å². The molecule has 0 aliphatic carbocycles. The lowest BCUT2D eigenvalue weighted by molar-refractivity contribution is -0.133. The molecule has 0 bridgehead atoms. The number of anilines is 1. The highest BCUT2D eigenvalue weighted by Gasteiger charge is 2.19. The number of H-pyrrole nitrogens is 1. The number of hydrogen-bond donors (Lipinski definition) is 2. The second-order valence-corrected chi connectivity index (χ2v) is 6.78. The molecule has 1 aromatic heterocycles. The van der Waals surface area contributed by atoms with Crippen molar-refractivity contribution in [3.63, 3.8) is 0 Å². The summed E-state index contributed by atoms with van der Waals surface area (Å²) in [4.78, 5) is 29.9. The van der Waals surface area contributed by atoms with Gasteiger partial charge in [0.2, 0.25) is 11.8 Å². The number of halogens is 1. The van der Waals surface area contributed by atoms with Gasteiger partial charge in [-0.25, -0.2) is 4.39 Å². The fourth-order valence-electron chi connectivity index (χ4n) is 3.30. The van der Waals surface area contributed by atoms with Crippen LogP contribution in [0.3, 0.4) is 0 Å². The zero-order chi connectivity index (χ0) is 21.0. The van der Waals surface area contributed by atoms with Crippen molar-refractivity contribution in [3.8, 4) is 5.75 Å². The molecular formula is C22H24FN3O3. The van der Waals surface area contributed by atoms with Gasteiger partial charge in [-0.15, -0.1) is 0 Å². The maximum absolute atomic E-state index is 13.7. The molecule has 0 unspecified atom stereocenters. The Labute approximate surface area is 168 Å². The average molecular weight is 397 g/mol. The minimum atomic E-state index is -0.352. The molecule has 0 aliphatic heterocycles. The Kier molecular flexibility index (Phi) is 6.16. The molecule has 0 radical (unpaired) electrons. The number of aromatic amines is 1. The van der Waals surface area contributed by atoms with E-state index >= 15 is 0 Å². The number of nitrogens with one attached hydrogen (secondary N) is 2. The zero-order valence-electron chi connectivity index (χ0n) is 16.7. The smallest absolute Gasteiger partial charge is 0.243 e. The molecule has 0 saturated heterocycles. The summed E-state index contributed by atoms with van der Waals surface area (Å²) in [7, 11) is 1.55. The quantitative estimate of drug-likeness (QED) is 0.639. The standard InChI is InChI=1S/C22H24FN3O3/c1-4-26(13-21(27)25-16-6-5-7-17(11-16)29-3)22(28)12-18-14(2)24-20-9-8-15(23)10-19(18)20/h5-11,24H,4,12-13H2,1-3H3,(H,25,27). The van der Waals surface area contributed by atoms with Crippen LogP contribution in [0.15, 0.2) is 42.5 Å². The predicted molar refractivity (Wildman–Crippen MR) is 111 cm³/mol. The molecule has 3 aromatic rings. The lowest BCUT2D eigenvalue weighted by Gasteiger charge is -2.20. The second kappa shape index (κ2) is 8.77.